The van der Waals surface area contributed by atoms with E-state index in [0.29, 0.717) is 5.02 Å². The zero-order valence-electron chi connectivity index (χ0n) is 14.7. The lowest BCUT2D eigenvalue weighted by atomic mass is 9.89. The third-order valence-electron chi connectivity index (χ3n) is 4.73. The largest absolute Gasteiger partial charge is 0.349 e. The van der Waals surface area contributed by atoms with Crippen molar-refractivity contribution < 1.29 is 4.79 Å². The van der Waals surface area contributed by atoms with Gasteiger partial charge >= 0.3 is 0 Å². The first-order chi connectivity index (χ1) is 12.0. The predicted molar refractivity (Wildman–Crippen MR) is 106 cm³/mol. The van der Waals surface area contributed by atoms with Gasteiger partial charge in [0.15, 0.2) is 0 Å². The van der Waals surface area contributed by atoms with E-state index in [9.17, 15) is 4.79 Å². The highest BCUT2D eigenvalue weighted by Gasteiger charge is 2.18. The molecule has 4 heteroatoms. The molecular formula is C21H24ClNOS. The Balaban J connectivity index is 1.60. The zero-order chi connectivity index (χ0) is 17.8. The van der Waals surface area contributed by atoms with Crippen molar-refractivity contribution in [3.63, 3.8) is 0 Å². The van der Waals surface area contributed by atoms with Gasteiger partial charge in [-0.25, -0.2) is 0 Å². The van der Waals surface area contributed by atoms with Crippen LogP contribution in [0.3, 0.4) is 0 Å². The van der Waals surface area contributed by atoms with Crippen LogP contribution in [-0.4, -0.2) is 11.2 Å². The van der Waals surface area contributed by atoms with Gasteiger partial charge in [-0.05, 0) is 80.5 Å². The minimum absolute atomic E-state index is 0.0213. The van der Waals surface area contributed by atoms with E-state index in [2.05, 4.69) is 30.4 Å². The monoisotopic (exact) mass is 373 g/mol. The number of hydrogen-bond donors (Lipinski definition) is 1. The summed E-state index contributed by atoms with van der Waals surface area (Å²) in [6.45, 7) is 4.00. The summed E-state index contributed by atoms with van der Waals surface area (Å²) in [6.07, 6.45) is 4.90. The molecule has 0 radical (unpaired) electrons. The quantitative estimate of drug-likeness (QED) is 0.693. The molecule has 0 unspecified atom stereocenters. The number of hydrogen-bond acceptors (Lipinski definition) is 2. The van der Waals surface area contributed by atoms with Gasteiger partial charge in [0.2, 0.25) is 5.91 Å². The van der Waals surface area contributed by atoms with Crippen LogP contribution in [0.2, 0.25) is 5.02 Å². The van der Waals surface area contributed by atoms with Crippen LogP contribution >= 0.6 is 23.4 Å². The van der Waals surface area contributed by atoms with Crippen molar-refractivity contribution in [2.24, 2.45) is 0 Å². The van der Waals surface area contributed by atoms with Crippen LogP contribution in [0.4, 0.5) is 0 Å². The van der Waals surface area contributed by atoms with E-state index in [1.54, 1.807) is 11.8 Å². The molecule has 0 saturated heterocycles. The summed E-state index contributed by atoms with van der Waals surface area (Å²) in [5, 5.41) is 3.71. The first kappa shape index (κ1) is 18.3. The molecule has 1 aliphatic carbocycles. The van der Waals surface area contributed by atoms with Crippen LogP contribution in [0.1, 0.15) is 49.4 Å². The Labute approximate surface area is 159 Å². The molecule has 0 spiro atoms. The Hall–Kier alpha value is -1.45. The Morgan fingerprint density at radius 2 is 1.72 bits per heavy atom. The molecule has 0 aromatic heterocycles. The average Bonchev–Trinajstić information content (AvgIpc) is 2.63. The molecule has 132 valence electrons. The minimum Gasteiger partial charge on any atom is -0.349 e. The predicted octanol–water partition coefficient (Wildman–Crippen LogP) is 5.58. The van der Waals surface area contributed by atoms with E-state index in [1.165, 1.54) is 36.0 Å². The molecule has 2 aromatic rings. The standard InChI is InChI=1S/C21H24ClNOS/c1-14(17-8-7-16-5-3-4-6-18(16)13-17)23-21(24)15(2)25-20-11-9-19(22)10-12-20/h7-15H,3-6H2,1-2H3,(H,23,24)/t14-,15-/m1/s1. The van der Waals surface area contributed by atoms with E-state index in [-0.39, 0.29) is 17.2 Å². The van der Waals surface area contributed by atoms with Gasteiger partial charge in [-0.15, -0.1) is 11.8 Å². The molecule has 1 N–H and O–H groups in total. The molecule has 2 atom stereocenters. The smallest absolute Gasteiger partial charge is 0.233 e. The zero-order valence-corrected chi connectivity index (χ0v) is 16.3. The van der Waals surface area contributed by atoms with Crippen molar-refractivity contribution in [2.75, 3.05) is 0 Å². The molecular weight excluding hydrogens is 350 g/mol. The highest BCUT2D eigenvalue weighted by Crippen LogP contribution is 2.27. The van der Waals surface area contributed by atoms with Gasteiger partial charge in [-0.1, -0.05) is 29.8 Å². The first-order valence-electron chi connectivity index (χ1n) is 8.87. The van der Waals surface area contributed by atoms with Crippen molar-refractivity contribution >= 4 is 29.3 Å². The van der Waals surface area contributed by atoms with E-state index >= 15 is 0 Å². The Kier molecular flexibility index (Phi) is 6.08. The van der Waals surface area contributed by atoms with Crippen LogP contribution in [0.25, 0.3) is 0 Å². The molecule has 0 fully saturated rings. The molecule has 0 aliphatic heterocycles. The number of carbonyl (C=O) groups excluding carboxylic acids is 1. The third-order valence-corrected chi connectivity index (χ3v) is 6.09. The Morgan fingerprint density at radius 3 is 2.44 bits per heavy atom. The number of halogens is 1. The molecule has 0 saturated carbocycles. The van der Waals surface area contributed by atoms with E-state index in [4.69, 9.17) is 11.6 Å². The van der Waals surface area contributed by atoms with Crippen LogP contribution in [0, 0.1) is 0 Å². The van der Waals surface area contributed by atoms with Crippen LogP contribution in [0.5, 0.6) is 0 Å². The highest BCUT2D eigenvalue weighted by molar-refractivity contribution is 8.00. The second-order valence-corrected chi connectivity index (χ2v) is 8.53. The lowest BCUT2D eigenvalue weighted by Gasteiger charge is -2.21. The van der Waals surface area contributed by atoms with Gasteiger partial charge in [0.25, 0.3) is 0 Å². The van der Waals surface area contributed by atoms with Crippen molar-refractivity contribution in [2.45, 2.75) is 55.7 Å². The fourth-order valence-corrected chi connectivity index (χ4v) is 4.21. The maximum atomic E-state index is 12.5. The van der Waals surface area contributed by atoms with Gasteiger partial charge in [-0.2, -0.15) is 0 Å². The highest BCUT2D eigenvalue weighted by atomic mass is 35.5. The number of aryl methyl sites for hydroxylation is 2. The molecule has 0 heterocycles. The summed E-state index contributed by atoms with van der Waals surface area (Å²) >= 11 is 7.46. The van der Waals surface area contributed by atoms with Crippen LogP contribution in [0.15, 0.2) is 47.4 Å². The molecule has 3 rings (SSSR count). The van der Waals surface area contributed by atoms with Crippen LogP contribution < -0.4 is 5.32 Å². The number of carbonyl (C=O) groups is 1. The fourth-order valence-electron chi connectivity index (χ4n) is 3.21. The van der Waals surface area contributed by atoms with Crippen molar-refractivity contribution in [3.05, 3.63) is 64.2 Å². The van der Waals surface area contributed by atoms with Gasteiger partial charge in [-0.3, -0.25) is 4.79 Å². The minimum atomic E-state index is -0.152. The third kappa shape index (κ3) is 4.80. The fraction of sp³-hybridized carbons (Fsp3) is 0.381. The summed E-state index contributed by atoms with van der Waals surface area (Å²) in [7, 11) is 0. The second kappa shape index (κ2) is 8.29. The van der Waals surface area contributed by atoms with Gasteiger partial charge in [0, 0.05) is 9.92 Å². The lowest BCUT2D eigenvalue weighted by Crippen LogP contribution is -2.33. The molecule has 2 nitrogen and oxygen atoms in total. The van der Waals surface area contributed by atoms with E-state index < -0.39 is 0 Å². The maximum Gasteiger partial charge on any atom is 0.233 e. The number of thioether (sulfide) groups is 1. The van der Waals surface area contributed by atoms with Gasteiger partial charge in [0.05, 0.1) is 11.3 Å². The average molecular weight is 374 g/mol. The van der Waals surface area contributed by atoms with Crippen molar-refractivity contribution in [1.82, 2.24) is 5.32 Å². The van der Waals surface area contributed by atoms with E-state index in [1.807, 2.05) is 31.2 Å². The first-order valence-corrected chi connectivity index (χ1v) is 10.1. The number of benzene rings is 2. The van der Waals surface area contributed by atoms with Gasteiger partial charge < -0.3 is 5.32 Å². The number of amides is 1. The second-order valence-electron chi connectivity index (χ2n) is 6.68. The normalized spacial score (nSPS) is 16.0. The molecule has 25 heavy (non-hydrogen) atoms. The van der Waals surface area contributed by atoms with Crippen molar-refractivity contribution in [3.8, 4) is 0 Å². The maximum absolute atomic E-state index is 12.5. The summed E-state index contributed by atoms with van der Waals surface area (Å²) < 4.78 is 0. The SMILES string of the molecule is C[C@@H](Sc1ccc(Cl)cc1)C(=O)N[C@H](C)c1ccc2c(c1)CCCC2. The number of rotatable bonds is 5. The number of nitrogens with one attached hydrogen (secondary N) is 1. The molecule has 1 amide bonds. The summed E-state index contributed by atoms with van der Waals surface area (Å²) in [4.78, 5) is 13.6. The topological polar surface area (TPSA) is 29.1 Å². The molecule has 2 aromatic carbocycles. The summed E-state index contributed by atoms with van der Waals surface area (Å²) in [5.74, 6) is 0.0603. The Bertz CT molecular complexity index is 744. The molecule has 0 bridgehead atoms. The molecule has 1 aliphatic rings. The lowest BCUT2D eigenvalue weighted by molar-refractivity contribution is -0.120. The van der Waals surface area contributed by atoms with Crippen LogP contribution in [-0.2, 0) is 17.6 Å². The van der Waals surface area contributed by atoms with Gasteiger partial charge in [0.1, 0.15) is 0 Å². The summed E-state index contributed by atoms with van der Waals surface area (Å²) in [6, 6.07) is 14.3. The Morgan fingerprint density at radius 1 is 1.04 bits per heavy atom. The summed E-state index contributed by atoms with van der Waals surface area (Å²) in [5.41, 5.74) is 4.12. The number of fused-ring (bicyclic) bond motifs is 1. The van der Waals surface area contributed by atoms with E-state index in [0.717, 1.165) is 11.3 Å². The van der Waals surface area contributed by atoms with Crippen molar-refractivity contribution in [1.29, 1.82) is 0 Å².